The van der Waals surface area contributed by atoms with Crippen molar-refractivity contribution >= 4 is 23.8 Å². The van der Waals surface area contributed by atoms with E-state index in [1.165, 1.54) is 12.7 Å². The van der Waals surface area contributed by atoms with Crippen LogP contribution in [0.1, 0.15) is 12.5 Å². The van der Waals surface area contributed by atoms with Crippen molar-refractivity contribution in [3.8, 4) is 0 Å². The molecule has 3 aromatic carbocycles. The second kappa shape index (κ2) is 8.83. The minimum atomic E-state index is -2.38. The van der Waals surface area contributed by atoms with Gasteiger partial charge < -0.3 is 4.74 Å². The molecule has 3 rings (SSSR count). The Kier molecular flexibility index (Phi) is 6.26. The Balaban J connectivity index is 2.23. The van der Waals surface area contributed by atoms with Crippen molar-refractivity contribution in [3.63, 3.8) is 0 Å². The average molecular weight is 377 g/mol. The summed E-state index contributed by atoms with van der Waals surface area (Å²) in [5.74, 6) is 0. The van der Waals surface area contributed by atoms with Crippen LogP contribution in [-0.4, -0.2) is 18.9 Å². The van der Waals surface area contributed by atoms with Crippen LogP contribution in [0.5, 0.6) is 0 Å². The zero-order valence-corrected chi connectivity index (χ0v) is 16.6. The van der Waals surface area contributed by atoms with Crippen molar-refractivity contribution < 1.29 is 9.53 Å². The molecule has 0 fully saturated rings. The van der Waals surface area contributed by atoms with Crippen LogP contribution in [0.4, 0.5) is 4.79 Å². The summed E-state index contributed by atoms with van der Waals surface area (Å²) in [5.41, 5.74) is 1.38. The van der Waals surface area contributed by atoms with Crippen LogP contribution < -0.4 is 10.6 Å². The smallest absolute Gasteiger partial charge is 0.432 e. The first-order valence-corrected chi connectivity index (χ1v) is 10.8. The zero-order valence-electron chi connectivity index (χ0n) is 15.7. The molecule has 3 nitrogen and oxygen atoms in total. The number of ether oxygens (including phenoxy) is 1. The zero-order chi connectivity index (χ0) is 19.1. The molecule has 0 radical (unpaired) electrons. The van der Waals surface area contributed by atoms with Gasteiger partial charge in [-0.15, -0.1) is 0 Å². The normalized spacial score (nSPS) is 12.2. The molecule has 1 atom stereocenters. The van der Waals surface area contributed by atoms with Crippen molar-refractivity contribution in [2.24, 2.45) is 4.74 Å². The lowest BCUT2D eigenvalue weighted by molar-refractivity contribution is 0.183. The van der Waals surface area contributed by atoms with Crippen LogP contribution in [0, 0.1) is 0 Å². The van der Waals surface area contributed by atoms with Gasteiger partial charge in [-0.3, -0.25) is 0 Å². The maximum Gasteiger partial charge on any atom is 0.432 e. The highest BCUT2D eigenvalue weighted by molar-refractivity contribution is 7.81. The summed E-state index contributed by atoms with van der Waals surface area (Å²) in [7, 11) is -0.992. The van der Waals surface area contributed by atoms with Gasteiger partial charge in [0.15, 0.2) is 0 Å². The van der Waals surface area contributed by atoms with E-state index in [2.05, 4.69) is 43.3 Å². The summed E-state index contributed by atoms with van der Waals surface area (Å²) in [6.07, 6.45) is 0.315. The molecule has 0 N–H and O–H groups in total. The highest BCUT2D eigenvalue weighted by atomic mass is 31.2. The van der Waals surface area contributed by atoms with Gasteiger partial charge >= 0.3 is 6.09 Å². The van der Waals surface area contributed by atoms with E-state index in [9.17, 15) is 4.79 Å². The maximum absolute atomic E-state index is 12.4. The highest BCUT2D eigenvalue weighted by Gasteiger charge is 2.32. The average Bonchev–Trinajstić information content (AvgIpc) is 2.73. The third kappa shape index (κ3) is 4.20. The Morgan fingerprint density at radius 3 is 1.74 bits per heavy atom. The predicted octanol–water partition coefficient (Wildman–Crippen LogP) is 5.24. The Bertz CT molecular complexity index is 881. The van der Waals surface area contributed by atoms with Crippen molar-refractivity contribution in [1.29, 1.82) is 0 Å². The minimum Gasteiger partial charge on any atom is -0.451 e. The lowest BCUT2D eigenvalue weighted by atomic mass is 10.1. The molecule has 0 aliphatic rings. The van der Waals surface area contributed by atoms with Crippen molar-refractivity contribution in [3.05, 3.63) is 96.6 Å². The van der Waals surface area contributed by atoms with E-state index in [4.69, 9.17) is 9.48 Å². The number of amides is 1. The molecular formula is C23H24NO2P. The van der Waals surface area contributed by atoms with Crippen molar-refractivity contribution in [1.82, 2.24) is 0 Å². The number of carbonyl (C=O) groups is 1. The van der Waals surface area contributed by atoms with E-state index in [-0.39, 0.29) is 5.66 Å². The molecule has 0 saturated carbocycles. The van der Waals surface area contributed by atoms with Gasteiger partial charge in [-0.2, -0.15) is 4.74 Å². The SMILES string of the molecule is COC(=O)N=P(c1ccccc1)(c1ccccc1)C(C)Cc1ccccc1. The fourth-order valence-electron chi connectivity index (χ4n) is 3.44. The number of rotatable bonds is 5. The van der Waals surface area contributed by atoms with Crippen LogP contribution in [0.25, 0.3) is 0 Å². The third-order valence-corrected chi connectivity index (χ3v) is 8.83. The van der Waals surface area contributed by atoms with E-state index < -0.39 is 13.1 Å². The summed E-state index contributed by atoms with van der Waals surface area (Å²) in [5, 5.41) is 2.18. The number of methoxy groups -OCH3 is 1. The minimum absolute atomic E-state index is 0.142. The van der Waals surface area contributed by atoms with Gasteiger partial charge in [0, 0.05) is 12.7 Å². The molecule has 0 bridgehead atoms. The molecule has 0 saturated heterocycles. The lowest BCUT2D eigenvalue weighted by Crippen LogP contribution is -2.26. The van der Waals surface area contributed by atoms with Crippen LogP contribution >= 0.6 is 7.05 Å². The van der Waals surface area contributed by atoms with Gasteiger partial charge in [-0.25, -0.2) is 4.79 Å². The maximum atomic E-state index is 12.4. The molecule has 1 amide bonds. The number of benzene rings is 3. The van der Waals surface area contributed by atoms with Crippen LogP contribution in [0.3, 0.4) is 0 Å². The second-order valence-electron chi connectivity index (χ2n) is 6.47. The Hall–Kier alpha value is -2.64. The summed E-state index contributed by atoms with van der Waals surface area (Å²) >= 11 is 0. The van der Waals surface area contributed by atoms with Crippen LogP contribution in [-0.2, 0) is 11.2 Å². The molecule has 27 heavy (non-hydrogen) atoms. The fraction of sp³-hybridized carbons (Fsp3) is 0.174. The predicted molar refractivity (Wildman–Crippen MR) is 114 cm³/mol. The molecule has 3 aromatic rings. The van der Waals surface area contributed by atoms with E-state index in [0.29, 0.717) is 0 Å². The van der Waals surface area contributed by atoms with E-state index in [1.807, 2.05) is 54.6 Å². The van der Waals surface area contributed by atoms with Gasteiger partial charge in [0.05, 0.1) is 7.11 Å². The number of nitrogens with zero attached hydrogens (tertiary/aromatic N) is 1. The molecule has 0 aliphatic heterocycles. The monoisotopic (exact) mass is 377 g/mol. The van der Waals surface area contributed by atoms with Gasteiger partial charge in [-0.1, -0.05) is 97.9 Å². The Morgan fingerprint density at radius 2 is 1.30 bits per heavy atom. The quantitative estimate of drug-likeness (QED) is 0.571. The standard InChI is InChI=1S/C23H24NO2P/c1-19(18-20-12-6-3-7-13-20)27(24-23(25)26-2,21-14-8-4-9-15-21)22-16-10-5-11-17-22/h3-17,19H,18H2,1-2H3. The largest absolute Gasteiger partial charge is 0.451 e. The first-order chi connectivity index (χ1) is 13.2. The molecule has 1 unspecified atom stereocenters. The van der Waals surface area contributed by atoms with Crippen LogP contribution in [0.2, 0.25) is 0 Å². The van der Waals surface area contributed by atoms with Crippen molar-refractivity contribution in [2.45, 2.75) is 19.0 Å². The topological polar surface area (TPSA) is 38.7 Å². The van der Waals surface area contributed by atoms with E-state index in [0.717, 1.165) is 17.0 Å². The molecular weight excluding hydrogens is 353 g/mol. The highest BCUT2D eigenvalue weighted by Crippen LogP contribution is 2.53. The van der Waals surface area contributed by atoms with Gasteiger partial charge in [0.1, 0.15) is 0 Å². The molecule has 138 valence electrons. The molecule has 0 spiro atoms. The Morgan fingerprint density at radius 1 is 0.852 bits per heavy atom. The second-order valence-corrected chi connectivity index (χ2v) is 9.95. The molecule has 4 heteroatoms. The van der Waals surface area contributed by atoms with Gasteiger partial charge in [-0.05, 0) is 22.6 Å². The molecule has 0 heterocycles. The summed E-state index contributed by atoms with van der Waals surface area (Å²) in [6, 6.07) is 30.7. The Labute approximate surface area is 161 Å². The number of hydrogen-bond donors (Lipinski definition) is 0. The lowest BCUT2D eigenvalue weighted by Gasteiger charge is -2.31. The summed E-state index contributed by atoms with van der Waals surface area (Å²) in [6.45, 7) is 2.19. The third-order valence-electron chi connectivity index (χ3n) is 4.73. The van der Waals surface area contributed by atoms with Gasteiger partial charge in [0.25, 0.3) is 0 Å². The first kappa shape index (κ1) is 19.1. The molecule has 0 aromatic heterocycles. The fourth-order valence-corrected chi connectivity index (χ4v) is 7.25. The van der Waals surface area contributed by atoms with Crippen LogP contribution in [0.15, 0.2) is 95.7 Å². The first-order valence-electron chi connectivity index (χ1n) is 9.02. The summed E-state index contributed by atoms with van der Waals surface area (Å²) < 4.78 is 9.68. The molecule has 0 aliphatic carbocycles. The van der Waals surface area contributed by atoms with Gasteiger partial charge in [0.2, 0.25) is 0 Å². The number of carbonyl (C=O) groups excluding carboxylic acids is 1. The van der Waals surface area contributed by atoms with E-state index in [1.54, 1.807) is 0 Å². The number of hydrogen-bond acceptors (Lipinski definition) is 2. The van der Waals surface area contributed by atoms with E-state index >= 15 is 0 Å². The van der Waals surface area contributed by atoms with Crippen molar-refractivity contribution in [2.75, 3.05) is 7.11 Å². The summed E-state index contributed by atoms with van der Waals surface area (Å²) in [4.78, 5) is 12.4.